The quantitative estimate of drug-likeness (QED) is 0.0331. The van der Waals surface area contributed by atoms with Crippen molar-refractivity contribution in [1.29, 1.82) is 5.26 Å². The van der Waals surface area contributed by atoms with Crippen LogP contribution in [0.4, 0.5) is 52.9 Å². The van der Waals surface area contributed by atoms with Crippen LogP contribution < -0.4 is 49.5 Å². The molecule has 8 heterocycles. The van der Waals surface area contributed by atoms with E-state index in [9.17, 15) is 66.5 Å². The van der Waals surface area contributed by atoms with E-state index >= 15 is 0 Å². The standard InChI is InChI=1S/C21H26ClN5O4S.C18H18N6O3S.C17H18ClN5O3S.C17H20N6O3S/c1-31-8-4-7-23-21-26-18(22)15(20-25-12-5-2-3-6-14(12)32-20)19(27-21)24-13-9-11(10-28)16(29)17(13)30;19-6-11-13(17-22-9-3-1-2-4-12(9)28-17)16(24-18(20)23-11)21-10-5-8(7-25)14(26)15(10)27;2*18-14-11(16-21-8-3-1-2-4-10(8)27-16)15(23-17(19)22-14)20-9-5-7(6-24)12(25)13(9)26/h2-3,5-6,11,13,16-17,28-30H,4,7-10H2,1H3,(H2,23,24,26,27);1-4,8,10,14-15,25-27H,5,7H2,(H3,20,21,23,24);1-4,7,9,12-13,24-26H,5-6H2,(H3,19,20,22,23);1-4,7,9,12-13,24-26H,5-6H2,(H5,18,19,20,22,23)/t11-,13-,16-,17+;8-,10-,14-,15+;2*7-,9-,12-,13+/m1111/s1. The number of nitrogens with one attached hydrogen (secondary N) is 5. The fourth-order valence-corrected chi connectivity index (χ4v) is 18.8. The summed E-state index contributed by atoms with van der Waals surface area (Å²) in [5.74, 6) is 0.0482. The highest BCUT2D eigenvalue weighted by atomic mass is 35.5. The first-order valence-electron chi connectivity index (χ1n) is 36.0. The van der Waals surface area contributed by atoms with E-state index in [4.69, 9.17) is 50.9 Å². The molecule has 0 amide bonds. The summed E-state index contributed by atoms with van der Waals surface area (Å²) in [5, 5.41) is 147. The minimum atomic E-state index is -1.10. The molecule has 4 aromatic carbocycles. The molecule has 0 radical (unpaired) electrons. The Hall–Kier alpha value is -9.49. The van der Waals surface area contributed by atoms with Crippen LogP contribution in [-0.2, 0) is 4.74 Å². The molecule has 4 saturated carbocycles. The number of hydrogen-bond donors (Lipinski definition) is 21. The van der Waals surface area contributed by atoms with Crippen LogP contribution in [0.5, 0.6) is 0 Å². The van der Waals surface area contributed by atoms with E-state index in [0.717, 1.165) is 47.3 Å². The van der Waals surface area contributed by atoms with Crippen molar-refractivity contribution in [2.45, 2.75) is 105 Å². The van der Waals surface area contributed by atoms with Crippen LogP contribution in [0.1, 0.15) is 37.8 Å². The molecule has 0 aliphatic heterocycles. The molecule has 4 fully saturated rings. The molecule has 4 aliphatic rings. The maximum Gasteiger partial charge on any atom is 0.226 e. The summed E-state index contributed by atoms with van der Waals surface area (Å²) in [6.07, 6.45) is -6.13. The predicted molar refractivity (Wildman–Crippen MR) is 438 cm³/mol. The van der Waals surface area contributed by atoms with Gasteiger partial charge in [-0.2, -0.15) is 30.2 Å². The Labute approximate surface area is 675 Å². The molecule has 16 atom stereocenters. The number of fused-ring (bicyclic) bond motifs is 4. The van der Waals surface area contributed by atoms with Gasteiger partial charge in [-0.05, 0) is 80.6 Å². The number of ether oxygens (including phenoxy) is 1. The van der Waals surface area contributed by atoms with E-state index in [1.54, 1.807) is 7.11 Å². The third kappa shape index (κ3) is 18.0. The number of hydrogen-bond acceptors (Lipinski definition) is 39. The second kappa shape index (κ2) is 36.5. The molecule has 16 rings (SSSR count). The number of nitriles is 1. The molecule has 25 N–H and O–H groups in total. The molecule has 0 bridgehead atoms. The van der Waals surface area contributed by atoms with Crippen LogP contribution in [0.2, 0.25) is 10.3 Å². The normalized spacial score (nSPS) is 24.4. The summed E-state index contributed by atoms with van der Waals surface area (Å²) in [5.41, 5.74) is 28.7. The van der Waals surface area contributed by atoms with Crippen molar-refractivity contribution in [2.24, 2.45) is 23.7 Å². The number of anilines is 9. The van der Waals surface area contributed by atoms with Gasteiger partial charge in [0.25, 0.3) is 0 Å². The van der Waals surface area contributed by atoms with Gasteiger partial charge in [0.1, 0.15) is 89.9 Å². The summed E-state index contributed by atoms with van der Waals surface area (Å²) in [6.45, 7) is 0.323. The van der Waals surface area contributed by atoms with Gasteiger partial charge in [0, 0.05) is 70.4 Å². The lowest BCUT2D eigenvalue weighted by Crippen LogP contribution is -2.35. The van der Waals surface area contributed by atoms with Crippen molar-refractivity contribution in [3.63, 3.8) is 0 Å². The summed E-state index contributed by atoms with van der Waals surface area (Å²) in [7, 11) is 1.64. The Kier molecular flexibility index (Phi) is 26.4. The van der Waals surface area contributed by atoms with Gasteiger partial charge >= 0.3 is 0 Å². The number of nitrogen functional groups attached to an aromatic ring is 4. The second-order valence-electron chi connectivity index (χ2n) is 27.5. The molecule has 35 nitrogen and oxygen atoms in total. The molecule has 41 heteroatoms. The first-order valence-corrected chi connectivity index (χ1v) is 40.0. The SMILES string of the molecule is COCCCNc1nc(Cl)c(-c2nc3ccccc3s2)c(N[C@@H]2C[C@H](CO)[C@@H](O)[C@H]2O)n1.N#Cc1nc(N)nc(N[C@@H]2C[C@H](CO)[C@@H](O)[C@H]2O)c1-c1nc2ccccc2s1.Nc1nc(Cl)c(-c2nc3ccccc3s2)c(N[C@@H]2C[C@H](CO)[C@@H](O)[C@H]2O)n1.Nc1nc(N)c(-c2nc3ccccc3s2)c(N[C@@H]2C[C@H](CO)[C@@H](O)[C@H]2O)n1. The lowest BCUT2D eigenvalue weighted by atomic mass is 10.1. The molecule has 8 aromatic heterocycles. The zero-order chi connectivity index (χ0) is 80.8. The maximum absolute atomic E-state index is 10.5. The number of thiazole rings is 4. The Morgan fingerprint density at radius 1 is 0.412 bits per heavy atom. The molecule has 12 aromatic rings. The van der Waals surface area contributed by atoms with Crippen LogP contribution in [0.3, 0.4) is 0 Å². The van der Waals surface area contributed by atoms with Gasteiger partial charge < -0.3 is 116 Å². The number of benzene rings is 4. The number of rotatable bonds is 21. The zero-order valence-electron chi connectivity index (χ0n) is 60.5. The highest BCUT2D eigenvalue weighted by Crippen LogP contribution is 2.45. The third-order valence-electron chi connectivity index (χ3n) is 20.0. The first-order chi connectivity index (χ1) is 55.0. The number of halogens is 2. The number of aliphatic hydroxyl groups is 12. The Balaban J connectivity index is 0.000000133. The molecule has 4 aliphatic carbocycles. The average Bonchev–Trinajstić information content (AvgIpc) is 1.58. The second-order valence-corrected chi connectivity index (χ2v) is 32.3. The molecule has 600 valence electrons. The van der Waals surface area contributed by atoms with Crippen molar-refractivity contribution in [3.8, 4) is 48.4 Å². The summed E-state index contributed by atoms with van der Waals surface area (Å²) in [6, 6.07) is 30.6. The van der Waals surface area contributed by atoms with Crippen LogP contribution in [0.15, 0.2) is 97.1 Å². The minimum absolute atomic E-state index is 0.00777. The molecule has 0 unspecified atom stereocenters. The van der Waals surface area contributed by atoms with Gasteiger partial charge in [-0.15, -0.1) is 45.3 Å². The number of aliphatic hydroxyl groups excluding tert-OH is 12. The average molecular weight is 1670 g/mol. The molecular weight excluding hydrogens is 1590 g/mol. The van der Waals surface area contributed by atoms with Crippen LogP contribution >= 0.6 is 68.5 Å². The van der Waals surface area contributed by atoms with E-state index in [0.29, 0.717) is 105 Å². The predicted octanol–water partition coefficient (Wildman–Crippen LogP) is 5.03. The lowest BCUT2D eigenvalue weighted by Gasteiger charge is -2.21. The van der Waals surface area contributed by atoms with Crippen LogP contribution in [0, 0.1) is 35.0 Å². The van der Waals surface area contributed by atoms with E-state index in [2.05, 4.69) is 86.4 Å². The number of methoxy groups -OCH3 is 1. The number of nitrogens with two attached hydrogens (primary N) is 4. The smallest absolute Gasteiger partial charge is 0.226 e. The van der Waals surface area contributed by atoms with Gasteiger partial charge in [-0.1, -0.05) is 71.7 Å². The third-order valence-corrected chi connectivity index (χ3v) is 24.8. The Morgan fingerprint density at radius 3 is 1.08 bits per heavy atom. The largest absolute Gasteiger partial charge is 0.396 e. The Bertz CT molecular complexity index is 5110. The molecular formula is C73H82Cl2N22O13S4. The Morgan fingerprint density at radius 2 is 0.728 bits per heavy atom. The molecule has 0 spiro atoms. The van der Waals surface area contributed by atoms with Crippen molar-refractivity contribution < 1.29 is 66.0 Å². The van der Waals surface area contributed by atoms with E-state index < -0.39 is 96.7 Å². The van der Waals surface area contributed by atoms with Crippen molar-refractivity contribution >= 4 is 162 Å². The van der Waals surface area contributed by atoms with E-state index in [-0.39, 0.29) is 71.9 Å². The van der Waals surface area contributed by atoms with Crippen molar-refractivity contribution in [1.82, 2.24) is 59.8 Å². The summed E-state index contributed by atoms with van der Waals surface area (Å²) in [4.78, 5) is 52.2. The summed E-state index contributed by atoms with van der Waals surface area (Å²) >= 11 is 18.7. The van der Waals surface area contributed by atoms with Gasteiger partial charge in [0.15, 0.2) is 5.69 Å². The van der Waals surface area contributed by atoms with Crippen molar-refractivity contribution in [2.75, 3.05) is 96.2 Å². The van der Waals surface area contributed by atoms with E-state index in [1.165, 1.54) is 45.3 Å². The van der Waals surface area contributed by atoms with Crippen LogP contribution in [0.25, 0.3) is 83.2 Å². The highest BCUT2D eigenvalue weighted by molar-refractivity contribution is 7.23. The number of nitrogens with zero attached hydrogens (tertiary/aromatic N) is 13. The van der Waals surface area contributed by atoms with Gasteiger partial charge in [-0.3, -0.25) is 0 Å². The van der Waals surface area contributed by atoms with Gasteiger partial charge in [0.05, 0.1) is 112 Å². The number of para-hydroxylation sites is 4. The highest BCUT2D eigenvalue weighted by Gasteiger charge is 2.46. The zero-order valence-corrected chi connectivity index (χ0v) is 65.3. The van der Waals surface area contributed by atoms with Gasteiger partial charge in [0.2, 0.25) is 23.8 Å². The first kappa shape index (κ1) is 82.5. The fraction of sp³-hybridized carbons (Fsp3) is 0.384. The van der Waals surface area contributed by atoms with Crippen molar-refractivity contribution in [3.05, 3.63) is 113 Å². The lowest BCUT2D eigenvalue weighted by molar-refractivity contribution is 0.00443. The fourth-order valence-electron chi connectivity index (χ4n) is 14.1. The monoisotopic (exact) mass is 1670 g/mol. The molecule has 114 heavy (non-hydrogen) atoms. The maximum atomic E-state index is 10.5. The van der Waals surface area contributed by atoms with Gasteiger partial charge in [-0.25, -0.2) is 34.9 Å². The number of aromatic nitrogens is 12. The minimum Gasteiger partial charge on any atom is -0.396 e. The summed E-state index contributed by atoms with van der Waals surface area (Å²) < 4.78 is 8.99. The molecule has 0 saturated heterocycles. The topological polar surface area (TPSA) is 595 Å². The van der Waals surface area contributed by atoms with E-state index in [1.807, 2.05) is 103 Å². The van der Waals surface area contributed by atoms with Crippen LogP contribution in [-0.4, -0.2) is 241 Å².